The summed E-state index contributed by atoms with van der Waals surface area (Å²) in [4.78, 5) is 35.4. The number of hydrogen-bond donors (Lipinski definition) is 0. The molecule has 0 spiro atoms. The molecule has 1 heterocycles. The van der Waals surface area contributed by atoms with Crippen molar-refractivity contribution in [1.29, 1.82) is 0 Å². The number of esters is 1. The van der Waals surface area contributed by atoms with Gasteiger partial charge in [0.2, 0.25) is 0 Å². The molecule has 2 rings (SSSR count). The molecular weight excluding hydrogens is 268 g/mol. The summed E-state index contributed by atoms with van der Waals surface area (Å²) in [5, 5.41) is 0. The molecule has 0 N–H and O–H groups in total. The normalized spacial score (nSPS) is 18.6. The van der Waals surface area contributed by atoms with Gasteiger partial charge in [-0.25, -0.2) is 0 Å². The topological polar surface area (TPSA) is 60.4 Å². The zero-order chi connectivity index (χ0) is 15.6. The van der Waals surface area contributed by atoms with Crippen LogP contribution in [0.2, 0.25) is 0 Å². The Hall–Kier alpha value is -2.49. The minimum atomic E-state index is -1.38. The van der Waals surface area contributed by atoms with E-state index in [0.29, 0.717) is 0 Å². The average Bonchev–Trinajstić information content (AvgIpc) is 2.34. The lowest BCUT2D eigenvalue weighted by molar-refractivity contribution is -0.151. The van der Waals surface area contributed by atoms with Crippen LogP contribution in [0.1, 0.15) is 23.6 Å². The second-order valence-electron chi connectivity index (χ2n) is 5.17. The van der Waals surface area contributed by atoms with Crippen LogP contribution < -0.4 is 0 Å². The summed E-state index contributed by atoms with van der Waals surface area (Å²) in [6.45, 7) is 5.42. The quantitative estimate of drug-likeness (QED) is 0.486. The van der Waals surface area contributed by atoms with E-state index in [1.165, 1.54) is 19.1 Å². The van der Waals surface area contributed by atoms with Crippen molar-refractivity contribution >= 4 is 23.6 Å². The minimum Gasteiger partial charge on any atom is -0.430 e. The molecule has 4 nitrogen and oxygen atoms in total. The van der Waals surface area contributed by atoms with Crippen LogP contribution in [0.25, 0.3) is 6.08 Å². The highest BCUT2D eigenvalue weighted by Crippen LogP contribution is 2.17. The van der Waals surface area contributed by atoms with Crippen LogP contribution in [-0.2, 0) is 19.1 Å². The molecule has 0 amide bonds. The third kappa shape index (κ3) is 3.54. The van der Waals surface area contributed by atoms with Crippen molar-refractivity contribution in [3.63, 3.8) is 0 Å². The minimum absolute atomic E-state index is 0.215. The lowest BCUT2D eigenvalue weighted by Gasteiger charge is -2.15. The number of hydrogen-bond acceptors (Lipinski definition) is 4. The van der Waals surface area contributed by atoms with E-state index in [-0.39, 0.29) is 5.76 Å². The van der Waals surface area contributed by atoms with E-state index in [4.69, 9.17) is 4.74 Å². The first kappa shape index (κ1) is 14.9. The summed E-state index contributed by atoms with van der Waals surface area (Å²) in [6.07, 6.45) is 4.04. The summed E-state index contributed by atoms with van der Waals surface area (Å²) in [5.41, 5.74) is 3.01. The summed E-state index contributed by atoms with van der Waals surface area (Å²) >= 11 is 0. The molecule has 1 aromatic carbocycles. The molecule has 4 heteroatoms. The van der Waals surface area contributed by atoms with Crippen molar-refractivity contribution in [2.45, 2.75) is 20.8 Å². The van der Waals surface area contributed by atoms with Gasteiger partial charge in [0.15, 0.2) is 17.5 Å². The number of allylic oxidation sites excluding steroid dienone is 3. The molecule has 1 aliphatic rings. The van der Waals surface area contributed by atoms with Gasteiger partial charge < -0.3 is 4.74 Å². The summed E-state index contributed by atoms with van der Waals surface area (Å²) < 4.78 is 4.83. The molecule has 0 saturated heterocycles. The van der Waals surface area contributed by atoms with Gasteiger partial charge in [-0.1, -0.05) is 35.4 Å². The highest BCUT2D eigenvalue weighted by Gasteiger charge is 2.36. The Morgan fingerprint density at radius 1 is 1.10 bits per heavy atom. The Morgan fingerprint density at radius 3 is 2.29 bits per heavy atom. The maximum Gasteiger partial charge on any atom is 0.329 e. The van der Waals surface area contributed by atoms with Crippen molar-refractivity contribution in [2.24, 2.45) is 5.92 Å². The number of ether oxygens (including phenoxy) is 1. The molecule has 0 aliphatic carbocycles. The van der Waals surface area contributed by atoms with E-state index in [9.17, 15) is 14.4 Å². The second kappa shape index (κ2) is 5.87. The second-order valence-corrected chi connectivity index (χ2v) is 5.17. The Labute approximate surface area is 123 Å². The summed E-state index contributed by atoms with van der Waals surface area (Å²) in [5.74, 6) is -3.06. The predicted molar refractivity (Wildman–Crippen MR) is 78.3 cm³/mol. The number of aryl methyl sites for hydroxylation is 2. The van der Waals surface area contributed by atoms with E-state index < -0.39 is 23.5 Å². The molecular formula is C17H16O4. The highest BCUT2D eigenvalue weighted by atomic mass is 16.5. The molecule has 108 valence electrons. The molecule has 1 aliphatic heterocycles. The number of rotatable bonds is 3. The lowest BCUT2D eigenvalue weighted by atomic mass is 9.95. The van der Waals surface area contributed by atoms with Gasteiger partial charge in [-0.05, 0) is 32.4 Å². The maximum atomic E-state index is 12.0. The standard InChI is InChI=1S/C17H16O4/c1-10-6-11(2)8-13(7-10)4-5-14(18)16-15(19)9-12(3)21-17(16)20/h4-9,16H,1-3H3/b5-4+/t16-/m0/s1. The maximum absolute atomic E-state index is 12.0. The van der Waals surface area contributed by atoms with Crippen molar-refractivity contribution in [3.8, 4) is 0 Å². The Morgan fingerprint density at radius 2 is 1.71 bits per heavy atom. The van der Waals surface area contributed by atoms with Crippen LogP contribution in [0.3, 0.4) is 0 Å². The van der Waals surface area contributed by atoms with Crippen molar-refractivity contribution in [2.75, 3.05) is 0 Å². The smallest absolute Gasteiger partial charge is 0.329 e. The Balaban J connectivity index is 2.19. The predicted octanol–water partition coefficient (Wildman–Crippen LogP) is 2.53. The largest absolute Gasteiger partial charge is 0.430 e. The number of benzene rings is 1. The number of ketones is 2. The van der Waals surface area contributed by atoms with Crippen LogP contribution in [-0.4, -0.2) is 17.5 Å². The number of carbonyl (C=O) groups excluding carboxylic acids is 3. The third-order valence-corrected chi connectivity index (χ3v) is 3.10. The lowest BCUT2D eigenvalue weighted by Crippen LogP contribution is -2.34. The monoisotopic (exact) mass is 284 g/mol. The highest BCUT2D eigenvalue weighted by molar-refractivity contribution is 6.25. The van der Waals surface area contributed by atoms with Gasteiger partial charge >= 0.3 is 5.97 Å². The fourth-order valence-corrected chi connectivity index (χ4v) is 2.28. The van der Waals surface area contributed by atoms with Crippen LogP contribution in [0.4, 0.5) is 0 Å². The SMILES string of the molecule is CC1=CC(=O)[C@H](C(=O)/C=C/c2cc(C)cc(C)c2)C(=O)O1. The van der Waals surface area contributed by atoms with Crippen molar-refractivity contribution in [1.82, 2.24) is 0 Å². The van der Waals surface area contributed by atoms with Gasteiger partial charge in [0.25, 0.3) is 0 Å². The molecule has 0 saturated carbocycles. The van der Waals surface area contributed by atoms with Gasteiger partial charge in [-0.15, -0.1) is 0 Å². The van der Waals surface area contributed by atoms with Gasteiger partial charge in [-0.3, -0.25) is 14.4 Å². The molecule has 1 atom stereocenters. The first-order valence-corrected chi connectivity index (χ1v) is 6.61. The van der Waals surface area contributed by atoms with Gasteiger partial charge in [0, 0.05) is 6.08 Å². The average molecular weight is 284 g/mol. The van der Waals surface area contributed by atoms with E-state index in [1.807, 2.05) is 32.0 Å². The fourth-order valence-electron chi connectivity index (χ4n) is 2.28. The molecule has 0 aromatic heterocycles. The fraction of sp³-hybridized carbons (Fsp3) is 0.235. The Bertz CT molecular complexity index is 660. The van der Waals surface area contributed by atoms with Crippen LogP contribution in [0.5, 0.6) is 0 Å². The summed E-state index contributed by atoms with van der Waals surface area (Å²) in [6, 6.07) is 5.86. The molecule has 0 fully saturated rings. The number of carbonyl (C=O) groups is 3. The van der Waals surface area contributed by atoms with Crippen LogP contribution >= 0.6 is 0 Å². The van der Waals surface area contributed by atoms with Crippen molar-refractivity contribution < 1.29 is 19.1 Å². The van der Waals surface area contributed by atoms with E-state index in [0.717, 1.165) is 16.7 Å². The van der Waals surface area contributed by atoms with Crippen LogP contribution in [0, 0.1) is 19.8 Å². The molecule has 0 radical (unpaired) electrons. The first-order chi connectivity index (χ1) is 9.86. The van der Waals surface area contributed by atoms with E-state index in [2.05, 4.69) is 0 Å². The first-order valence-electron chi connectivity index (χ1n) is 6.61. The molecule has 0 unspecified atom stereocenters. The van der Waals surface area contributed by atoms with Gasteiger partial charge in [0.1, 0.15) is 5.76 Å². The van der Waals surface area contributed by atoms with Gasteiger partial charge in [0.05, 0.1) is 0 Å². The molecule has 0 bridgehead atoms. The van der Waals surface area contributed by atoms with E-state index in [1.54, 1.807) is 6.08 Å². The molecule has 21 heavy (non-hydrogen) atoms. The van der Waals surface area contributed by atoms with E-state index >= 15 is 0 Å². The van der Waals surface area contributed by atoms with Crippen molar-refractivity contribution in [3.05, 3.63) is 52.8 Å². The van der Waals surface area contributed by atoms with Crippen LogP contribution in [0.15, 0.2) is 36.1 Å². The number of cyclic esters (lactones) is 1. The Kier molecular flexibility index (Phi) is 4.17. The zero-order valence-corrected chi connectivity index (χ0v) is 12.2. The third-order valence-electron chi connectivity index (χ3n) is 3.10. The van der Waals surface area contributed by atoms with Gasteiger partial charge in [-0.2, -0.15) is 0 Å². The zero-order valence-electron chi connectivity index (χ0n) is 12.2. The molecule has 1 aromatic rings. The summed E-state index contributed by atoms with van der Waals surface area (Å²) in [7, 11) is 0.